The van der Waals surface area contributed by atoms with Gasteiger partial charge in [-0.25, -0.2) is 8.42 Å². The van der Waals surface area contributed by atoms with Gasteiger partial charge < -0.3 is 10.2 Å². The molecule has 36 heavy (non-hydrogen) atoms. The molecule has 7 nitrogen and oxygen atoms in total. The van der Waals surface area contributed by atoms with Crippen molar-refractivity contribution < 1.29 is 31.2 Å². The second kappa shape index (κ2) is 12.0. The first-order valence-electron chi connectivity index (χ1n) is 11.1. The van der Waals surface area contributed by atoms with Crippen molar-refractivity contribution in [1.29, 1.82) is 0 Å². The molecule has 0 heterocycles. The Hall–Kier alpha value is -2.79. The third kappa shape index (κ3) is 7.86. The van der Waals surface area contributed by atoms with Gasteiger partial charge in [0.15, 0.2) is 0 Å². The second-order valence-electron chi connectivity index (χ2n) is 8.42. The fraction of sp³-hybridized carbons (Fsp3) is 0.417. The number of nitrogens with one attached hydrogen (secondary N) is 1. The Morgan fingerprint density at radius 2 is 1.72 bits per heavy atom. The van der Waals surface area contributed by atoms with Crippen molar-refractivity contribution in [2.45, 2.75) is 52.0 Å². The van der Waals surface area contributed by atoms with E-state index in [1.165, 1.54) is 13.0 Å². The number of anilines is 1. The molecule has 0 aliphatic carbocycles. The van der Waals surface area contributed by atoms with Gasteiger partial charge in [0, 0.05) is 17.6 Å². The molecule has 0 saturated carbocycles. The Balaban J connectivity index is 2.45. The van der Waals surface area contributed by atoms with Crippen LogP contribution in [0.2, 0.25) is 5.02 Å². The number of hydrogen-bond acceptors (Lipinski definition) is 4. The fourth-order valence-electron chi connectivity index (χ4n) is 3.31. The zero-order chi connectivity index (χ0) is 27.3. The van der Waals surface area contributed by atoms with Crippen molar-refractivity contribution in [3.05, 3.63) is 64.7 Å². The first-order valence-corrected chi connectivity index (χ1v) is 13.4. The number of halogens is 4. The van der Waals surface area contributed by atoms with Gasteiger partial charge in [-0.15, -0.1) is 0 Å². The zero-order valence-electron chi connectivity index (χ0n) is 20.3. The van der Waals surface area contributed by atoms with Crippen molar-refractivity contribution in [3.63, 3.8) is 0 Å². The summed E-state index contributed by atoms with van der Waals surface area (Å²) in [5.41, 5.74) is -0.869. The summed E-state index contributed by atoms with van der Waals surface area (Å²) in [4.78, 5) is 27.5. The predicted molar refractivity (Wildman–Crippen MR) is 133 cm³/mol. The van der Waals surface area contributed by atoms with Crippen LogP contribution >= 0.6 is 11.6 Å². The summed E-state index contributed by atoms with van der Waals surface area (Å²) in [6, 6.07) is 9.14. The summed E-state index contributed by atoms with van der Waals surface area (Å²) >= 11 is 6.25. The monoisotopic (exact) mass is 547 g/mol. The van der Waals surface area contributed by atoms with E-state index in [1.807, 2.05) is 6.92 Å². The second-order valence-corrected chi connectivity index (χ2v) is 10.7. The highest BCUT2D eigenvalue weighted by Crippen LogP contribution is 2.32. The van der Waals surface area contributed by atoms with Gasteiger partial charge in [-0.3, -0.25) is 13.9 Å². The molecule has 2 rings (SSSR count). The van der Waals surface area contributed by atoms with Crippen molar-refractivity contribution in [1.82, 2.24) is 10.2 Å². The van der Waals surface area contributed by atoms with Crippen LogP contribution in [0.15, 0.2) is 48.5 Å². The number of sulfonamides is 1. The quantitative estimate of drug-likeness (QED) is 0.476. The minimum absolute atomic E-state index is 0.117. The van der Waals surface area contributed by atoms with E-state index in [2.05, 4.69) is 5.32 Å². The SMILES string of the molecule is CC[C@@H](C)NC(=O)[C@H](C)N(Cc1ccccc1Cl)C(=O)CN(c1cccc(C(F)(F)F)c1)S(C)(=O)=O. The molecular formula is C24H29ClF3N3O4S. The highest BCUT2D eigenvalue weighted by Gasteiger charge is 2.34. The zero-order valence-corrected chi connectivity index (χ0v) is 21.9. The van der Waals surface area contributed by atoms with Crippen molar-refractivity contribution >= 4 is 39.1 Å². The lowest BCUT2D eigenvalue weighted by Gasteiger charge is -2.32. The maximum absolute atomic E-state index is 13.4. The van der Waals surface area contributed by atoms with Gasteiger partial charge in [0.1, 0.15) is 12.6 Å². The topological polar surface area (TPSA) is 86.8 Å². The molecule has 0 radical (unpaired) electrons. The van der Waals surface area contributed by atoms with Gasteiger partial charge in [-0.2, -0.15) is 13.2 Å². The van der Waals surface area contributed by atoms with Crippen LogP contribution in [0.3, 0.4) is 0 Å². The minimum atomic E-state index is -4.71. The molecule has 2 aromatic carbocycles. The molecule has 1 N–H and O–H groups in total. The maximum Gasteiger partial charge on any atom is 0.416 e. The van der Waals surface area contributed by atoms with Crippen molar-refractivity contribution in [3.8, 4) is 0 Å². The summed E-state index contributed by atoms with van der Waals surface area (Å²) < 4.78 is 65.3. The van der Waals surface area contributed by atoms with E-state index in [-0.39, 0.29) is 18.3 Å². The smallest absolute Gasteiger partial charge is 0.352 e. The normalized spacial score (nSPS) is 13.6. The average Bonchev–Trinajstić information content (AvgIpc) is 2.80. The van der Waals surface area contributed by atoms with Crippen molar-refractivity contribution in [2.24, 2.45) is 0 Å². The summed E-state index contributed by atoms with van der Waals surface area (Å²) in [6.07, 6.45) is -3.27. The number of rotatable bonds is 10. The van der Waals surface area contributed by atoms with E-state index in [9.17, 15) is 31.2 Å². The lowest BCUT2D eigenvalue weighted by Crippen LogP contribution is -2.52. The number of hydrogen-bond donors (Lipinski definition) is 1. The summed E-state index contributed by atoms with van der Waals surface area (Å²) in [6.45, 7) is 4.23. The Kier molecular flexibility index (Phi) is 9.78. The summed E-state index contributed by atoms with van der Waals surface area (Å²) in [7, 11) is -4.17. The van der Waals surface area contributed by atoms with Crippen LogP contribution in [0.25, 0.3) is 0 Å². The molecule has 12 heteroatoms. The largest absolute Gasteiger partial charge is 0.416 e. The van der Waals surface area contributed by atoms with Crippen LogP contribution in [0, 0.1) is 0 Å². The van der Waals surface area contributed by atoms with Crippen LogP contribution in [0.1, 0.15) is 38.3 Å². The Morgan fingerprint density at radius 1 is 1.08 bits per heavy atom. The number of amides is 2. The molecule has 0 fully saturated rings. The first-order chi connectivity index (χ1) is 16.6. The van der Waals surface area contributed by atoms with E-state index in [0.29, 0.717) is 27.4 Å². The molecule has 198 valence electrons. The third-order valence-electron chi connectivity index (χ3n) is 5.61. The number of alkyl halides is 3. The Morgan fingerprint density at radius 3 is 2.28 bits per heavy atom. The molecule has 2 aromatic rings. The summed E-state index contributed by atoms with van der Waals surface area (Å²) in [5, 5.41) is 3.12. The third-order valence-corrected chi connectivity index (χ3v) is 7.12. The van der Waals surface area contributed by atoms with Crippen LogP contribution in [0.5, 0.6) is 0 Å². The highest BCUT2D eigenvalue weighted by atomic mass is 35.5. The lowest BCUT2D eigenvalue weighted by molar-refractivity contribution is -0.139. The first kappa shape index (κ1) is 29.4. The molecule has 0 saturated heterocycles. The number of carbonyl (C=O) groups excluding carboxylic acids is 2. The van der Waals surface area contributed by atoms with Crippen molar-refractivity contribution in [2.75, 3.05) is 17.1 Å². The summed E-state index contributed by atoms with van der Waals surface area (Å²) in [5.74, 6) is -1.25. The van der Waals surface area contributed by atoms with E-state index in [0.717, 1.165) is 23.3 Å². The standard InChI is InChI=1S/C24H29ClF3N3O4S/c1-5-16(2)29-23(33)17(3)30(14-18-9-6-7-12-21(18)25)22(32)15-31(36(4,34)35)20-11-8-10-19(13-20)24(26,27)28/h6-13,16-17H,5,14-15H2,1-4H3,(H,29,33)/t16-,17+/m1/s1. The van der Waals surface area contributed by atoms with Gasteiger partial charge in [-0.05, 0) is 50.1 Å². The molecule has 2 amide bonds. The van der Waals surface area contributed by atoms with Gasteiger partial charge in [-0.1, -0.05) is 42.8 Å². The predicted octanol–water partition coefficient (Wildman–Crippen LogP) is 4.46. The Labute approximate surface area is 214 Å². The number of carbonyl (C=O) groups is 2. The maximum atomic E-state index is 13.4. The van der Waals surface area contributed by atoms with Crippen LogP contribution in [-0.4, -0.2) is 50.0 Å². The van der Waals surface area contributed by atoms with E-state index in [4.69, 9.17) is 11.6 Å². The fourth-order valence-corrected chi connectivity index (χ4v) is 4.35. The highest BCUT2D eigenvalue weighted by molar-refractivity contribution is 7.92. The van der Waals surface area contributed by atoms with E-state index < -0.39 is 46.2 Å². The van der Waals surface area contributed by atoms with E-state index in [1.54, 1.807) is 31.2 Å². The molecule has 0 bridgehead atoms. The number of benzene rings is 2. The van der Waals surface area contributed by atoms with Crippen LogP contribution in [-0.2, 0) is 32.3 Å². The van der Waals surface area contributed by atoms with Gasteiger partial charge in [0.25, 0.3) is 0 Å². The minimum Gasteiger partial charge on any atom is -0.352 e. The molecule has 0 aliphatic heterocycles. The van der Waals surface area contributed by atoms with Crippen LogP contribution < -0.4 is 9.62 Å². The van der Waals surface area contributed by atoms with Gasteiger partial charge in [0.05, 0.1) is 17.5 Å². The molecule has 2 atom stereocenters. The molecule has 0 spiro atoms. The molecule has 0 unspecified atom stereocenters. The van der Waals surface area contributed by atoms with Gasteiger partial charge in [0.2, 0.25) is 21.8 Å². The molecule has 0 aliphatic rings. The number of nitrogens with zero attached hydrogens (tertiary/aromatic N) is 2. The van der Waals surface area contributed by atoms with Gasteiger partial charge >= 0.3 is 6.18 Å². The van der Waals surface area contributed by atoms with E-state index >= 15 is 0 Å². The molecular weight excluding hydrogens is 519 g/mol. The average molecular weight is 548 g/mol. The lowest BCUT2D eigenvalue weighted by atomic mass is 10.1. The molecule has 0 aromatic heterocycles. The van der Waals surface area contributed by atoms with Crippen LogP contribution in [0.4, 0.5) is 18.9 Å². The Bertz CT molecular complexity index is 1190.